The first-order valence-corrected chi connectivity index (χ1v) is 12.6. The largest absolute Gasteiger partial charge is 0.416 e. The molecule has 8 heteroatoms. The molecule has 4 aromatic rings. The standard InChI is InChI=1S/C31H21F6NO/c32-20-14-10-16(11-15-20)23-25(27(34)17-8-12-19(13-9-17)31(35,36)37)28(18-4-1-2-5-18)38-29-24-21(30(39)26(23)29)6-3-7-22(24)33/h3,6-15,18,27H,1-2,4-5H2. The van der Waals surface area contributed by atoms with E-state index in [0.717, 1.165) is 37.1 Å². The summed E-state index contributed by atoms with van der Waals surface area (Å²) in [6.07, 6.45) is -3.40. The Hall–Kier alpha value is -3.94. The van der Waals surface area contributed by atoms with Gasteiger partial charge in [-0.3, -0.25) is 9.78 Å². The molecule has 39 heavy (non-hydrogen) atoms. The van der Waals surface area contributed by atoms with Crippen molar-refractivity contribution < 1.29 is 31.1 Å². The van der Waals surface area contributed by atoms with Crippen LogP contribution in [0, 0.1) is 11.6 Å². The number of halogens is 6. The summed E-state index contributed by atoms with van der Waals surface area (Å²) < 4.78 is 85.2. The number of hydrogen-bond donors (Lipinski definition) is 0. The minimum Gasteiger partial charge on any atom is -0.288 e. The van der Waals surface area contributed by atoms with E-state index in [1.807, 2.05) is 0 Å². The third kappa shape index (κ3) is 4.22. The van der Waals surface area contributed by atoms with Gasteiger partial charge in [0, 0.05) is 28.2 Å². The van der Waals surface area contributed by atoms with Gasteiger partial charge in [0.2, 0.25) is 0 Å². The Bertz CT molecular complexity index is 1590. The van der Waals surface area contributed by atoms with Gasteiger partial charge in [-0.05, 0) is 54.3 Å². The lowest BCUT2D eigenvalue weighted by Crippen LogP contribution is -2.13. The molecule has 1 saturated carbocycles. The Morgan fingerprint density at radius 1 is 0.821 bits per heavy atom. The molecule has 6 rings (SSSR count). The van der Waals surface area contributed by atoms with E-state index in [-0.39, 0.29) is 45.0 Å². The van der Waals surface area contributed by atoms with Gasteiger partial charge in [-0.25, -0.2) is 13.2 Å². The van der Waals surface area contributed by atoms with Crippen molar-refractivity contribution in [3.8, 4) is 22.4 Å². The van der Waals surface area contributed by atoms with E-state index in [4.69, 9.17) is 4.98 Å². The van der Waals surface area contributed by atoms with Crippen LogP contribution in [-0.4, -0.2) is 10.8 Å². The van der Waals surface area contributed by atoms with Gasteiger partial charge >= 0.3 is 6.18 Å². The van der Waals surface area contributed by atoms with Crippen LogP contribution in [0.3, 0.4) is 0 Å². The normalized spacial score (nSPS) is 15.9. The highest BCUT2D eigenvalue weighted by Crippen LogP contribution is 2.50. The Kier molecular flexibility index (Phi) is 6.08. The van der Waals surface area contributed by atoms with Crippen molar-refractivity contribution >= 4 is 5.78 Å². The van der Waals surface area contributed by atoms with Gasteiger partial charge in [0.25, 0.3) is 0 Å². The number of nitrogens with zero attached hydrogens (tertiary/aromatic N) is 1. The minimum atomic E-state index is -4.59. The van der Waals surface area contributed by atoms with Crippen molar-refractivity contribution in [3.63, 3.8) is 0 Å². The molecule has 0 radical (unpaired) electrons. The van der Waals surface area contributed by atoms with Crippen LogP contribution in [0.5, 0.6) is 0 Å². The summed E-state index contributed by atoms with van der Waals surface area (Å²) in [7, 11) is 0. The van der Waals surface area contributed by atoms with Crippen molar-refractivity contribution in [2.24, 2.45) is 0 Å². The molecule has 0 spiro atoms. The predicted molar refractivity (Wildman–Crippen MR) is 134 cm³/mol. The molecule has 3 aromatic carbocycles. The fraction of sp³-hybridized carbons (Fsp3) is 0.226. The maximum atomic E-state index is 16.7. The van der Waals surface area contributed by atoms with Crippen LogP contribution in [-0.2, 0) is 6.18 Å². The quantitative estimate of drug-likeness (QED) is 0.214. The predicted octanol–water partition coefficient (Wildman–Crippen LogP) is 8.97. The van der Waals surface area contributed by atoms with E-state index in [1.165, 1.54) is 42.5 Å². The topological polar surface area (TPSA) is 30.0 Å². The average Bonchev–Trinajstić information content (AvgIpc) is 3.55. The van der Waals surface area contributed by atoms with E-state index in [1.54, 1.807) is 0 Å². The molecular weight excluding hydrogens is 516 g/mol. The molecule has 0 N–H and O–H groups in total. The maximum Gasteiger partial charge on any atom is 0.416 e. The number of rotatable bonds is 4. The van der Waals surface area contributed by atoms with E-state index in [9.17, 15) is 22.4 Å². The summed E-state index contributed by atoms with van der Waals surface area (Å²) in [6.45, 7) is 0. The molecule has 1 aromatic heterocycles. The molecule has 0 aliphatic heterocycles. The zero-order valence-corrected chi connectivity index (χ0v) is 20.5. The smallest absolute Gasteiger partial charge is 0.288 e. The third-order valence-electron chi connectivity index (χ3n) is 7.65. The zero-order chi connectivity index (χ0) is 27.5. The molecular formula is C31H21F6NO. The summed E-state index contributed by atoms with van der Waals surface area (Å²) in [5.74, 6) is -1.91. The average molecular weight is 538 g/mol. The summed E-state index contributed by atoms with van der Waals surface area (Å²) in [5, 5.41) is 0. The highest BCUT2D eigenvalue weighted by atomic mass is 19.4. The Morgan fingerprint density at radius 2 is 1.49 bits per heavy atom. The number of ketones is 1. The molecule has 1 unspecified atom stereocenters. The van der Waals surface area contributed by atoms with Crippen LogP contribution in [0.25, 0.3) is 22.4 Å². The number of fused-ring (bicyclic) bond motifs is 3. The Morgan fingerprint density at radius 3 is 2.13 bits per heavy atom. The lowest BCUT2D eigenvalue weighted by atomic mass is 9.84. The van der Waals surface area contributed by atoms with Crippen molar-refractivity contribution in [2.75, 3.05) is 0 Å². The summed E-state index contributed by atoms with van der Waals surface area (Å²) >= 11 is 0. The molecule has 1 atom stereocenters. The second-order valence-corrected chi connectivity index (χ2v) is 9.97. The van der Waals surface area contributed by atoms with Gasteiger partial charge in [0.05, 0.1) is 22.5 Å². The second-order valence-electron chi connectivity index (χ2n) is 9.97. The van der Waals surface area contributed by atoms with Gasteiger partial charge in [0.1, 0.15) is 11.6 Å². The molecule has 198 valence electrons. The van der Waals surface area contributed by atoms with Crippen LogP contribution in [0.2, 0.25) is 0 Å². The number of carbonyl (C=O) groups excluding carboxylic acids is 1. The van der Waals surface area contributed by atoms with Crippen LogP contribution in [0.15, 0.2) is 66.7 Å². The zero-order valence-electron chi connectivity index (χ0n) is 20.5. The summed E-state index contributed by atoms with van der Waals surface area (Å²) in [5.41, 5.74) is 0.191. The molecule has 0 saturated heterocycles. The van der Waals surface area contributed by atoms with Gasteiger partial charge in [-0.15, -0.1) is 0 Å². The number of alkyl halides is 4. The van der Waals surface area contributed by atoms with Gasteiger partial charge in [0.15, 0.2) is 12.0 Å². The molecule has 2 aliphatic carbocycles. The monoisotopic (exact) mass is 537 g/mol. The SMILES string of the molecule is O=C1c2cccc(F)c2-c2nc(C3CCCC3)c(C(F)c3ccc(C(F)(F)F)cc3)c(-c3ccc(F)cc3)c21. The van der Waals surface area contributed by atoms with Crippen LogP contribution < -0.4 is 0 Å². The molecule has 0 amide bonds. The van der Waals surface area contributed by atoms with Crippen molar-refractivity contribution in [2.45, 2.75) is 43.9 Å². The maximum absolute atomic E-state index is 16.7. The first-order chi connectivity index (χ1) is 18.6. The van der Waals surface area contributed by atoms with Crippen molar-refractivity contribution in [3.05, 3.63) is 112 Å². The lowest BCUT2D eigenvalue weighted by molar-refractivity contribution is -0.137. The lowest BCUT2D eigenvalue weighted by Gasteiger charge is -2.24. The summed E-state index contributed by atoms with van der Waals surface area (Å²) in [6, 6.07) is 13.1. The number of benzene rings is 3. The Balaban J connectivity index is 1.66. The number of hydrogen-bond acceptors (Lipinski definition) is 2. The second kappa shape index (κ2) is 9.36. The number of aromatic nitrogens is 1. The molecule has 1 heterocycles. The van der Waals surface area contributed by atoms with Crippen LogP contribution in [0.1, 0.15) is 76.1 Å². The van der Waals surface area contributed by atoms with Crippen LogP contribution >= 0.6 is 0 Å². The van der Waals surface area contributed by atoms with E-state index >= 15 is 8.78 Å². The first-order valence-electron chi connectivity index (χ1n) is 12.6. The Labute approximate surface area is 220 Å². The van der Waals surface area contributed by atoms with Crippen LogP contribution in [0.4, 0.5) is 26.3 Å². The van der Waals surface area contributed by atoms with Gasteiger partial charge in [-0.1, -0.05) is 49.2 Å². The molecule has 1 fully saturated rings. The highest BCUT2D eigenvalue weighted by Gasteiger charge is 2.39. The van der Waals surface area contributed by atoms with E-state index < -0.39 is 35.3 Å². The molecule has 0 bridgehead atoms. The highest BCUT2D eigenvalue weighted by molar-refractivity contribution is 6.24. The van der Waals surface area contributed by atoms with E-state index in [0.29, 0.717) is 24.1 Å². The third-order valence-corrected chi connectivity index (χ3v) is 7.65. The van der Waals surface area contributed by atoms with E-state index in [2.05, 4.69) is 0 Å². The molecule has 2 nitrogen and oxygen atoms in total. The minimum absolute atomic E-state index is 0.00742. The van der Waals surface area contributed by atoms with Crippen molar-refractivity contribution in [1.29, 1.82) is 0 Å². The van der Waals surface area contributed by atoms with Gasteiger partial charge in [-0.2, -0.15) is 13.2 Å². The molecule has 2 aliphatic rings. The van der Waals surface area contributed by atoms with Crippen molar-refractivity contribution in [1.82, 2.24) is 4.98 Å². The first kappa shape index (κ1) is 25.3. The fourth-order valence-corrected chi connectivity index (χ4v) is 5.80. The number of pyridine rings is 1. The number of carbonyl (C=O) groups is 1. The summed E-state index contributed by atoms with van der Waals surface area (Å²) in [4.78, 5) is 18.4. The van der Waals surface area contributed by atoms with Gasteiger partial charge < -0.3 is 0 Å². The fourth-order valence-electron chi connectivity index (χ4n) is 5.80.